The van der Waals surface area contributed by atoms with Crippen LogP contribution in [0.4, 0.5) is 0 Å². The van der Waals surface area contributed by atoms with Crippen LogP contribution in [-0.2, 0) is 52.5 Å². The third kappa shape index (κ3) is 21.9. The third-order valence-corrected chi connectivity index (χ3v) is 3.57. The molecule has 0 heterocycles. The molecule has 0 bridgehead atoms. The summed E-state index contributed by atoms with van der Waals surface area (Å²) < 4.78 is 17.9. The van der Waals surface area contributed by atoms with Crippen molar-refractivity contribution >= 4 is 41.8 Å². The molecule has 0 fully saturated rings. The Balaban J connectivity index is -0.000000255. The molecule has 8 N–H and O–H groups in total. The first-order chi connectivity index (χ1) is 17.1. The average Bonchev–Trinajstić information content (AvgIpc) is 2.78. The topological polar surface area (TPSA) is 309 Å². The summed E-state index contributed by atoms with van der Waals surface area (Å²) >= 11 is 0. The molecule has 0 aromatic heterocycles. The van der Waals surface area contributed by atoms with Gasteiger partial charge in [-0.15, -0.1) is 0 Å². The van der Waals surface area contributed by atoms with Crippen LogP contribution in [0.2, 0.25) is 0 Å². The van der Waals surface area contributed by atoms with E-state index in [2.05, 4.69) is 18.9 Å². The number of hydrogen-bond donors (Lipinski definition) is 6. The second-order valence-electron chi connectivity index (χ2n) is 7.36. The van der Waals surface area contributed by atoms with Crippen LogP contribution in [0.25, 0.3) is 0 Å². The summed E-state index contributed by atoms with van der Waals surface area (Å²) in [7, 11) is 0. The molecule has 18 heteroatoms. The Hall–Kier alpha value is -3.87. The maximum atomic E-state index is 11.2. The van der Waals surface area contributed by atoms with Gasteiger partial charge in [-0.2, -0.15) is 0 Å². The molecule has 0 aromatic carbocycles. The number of hydrogen-bond acceptors (Lipinski definition) is 14. The molecule has 0 aliphatic rings. The summed E-state index contributed by atoms with van der Waals surface area (Å²) in [6.45, 7) is 8.34. The van der Waals surface area contributed by atoms with Crippen LogP contribution in [0.1, 0.15) is 48.5 Å². The van der Waals surface area contributed by atoms with E-state index in [0.717, 1.165) is 0 Å². The molecule has 0 amide bonds. The molecule has 0 radical (unpaired) electrons. The number of esters is 4. The first kappa shape index (κ1) is 42.2. The zero-order valence-corrected chi connectivity index (χ0v) is 22.2. The minimum absolute atomic E-state index is 0. The predicted octanol–water partition coefficient (Wildman–Crippen LogP) is -2.74. The fourth-order valence-corrected chi connectivity index (χ4v) is 1.28. The van der Waals surface area contributed by atoms with Crippen LogP contribution >= 0.6 is 0 Å². The third-order valence-electron chi connectivity index (χ3n) is 3.57. The van der Waals surface area contributed by atoms with Crippen molar-refractivity contribution in [2.24, 2.45) is 0 Å². The lowest BCUT2D eigenvalue weighted by Gasteiger charge is -2.15. The Morgan fingerprint density at radius 2 is 0.615 bits per heavy atom. The molecular weight excluding hydrogens is 540 g/mol. The van der Waals surface area contributed by atoms with Gasteiger partial charge in [0.25, 0.3) is 0 Å². The molecule has 0 rings (SSSR count). The Labute approximate surface area is 222 Å². The Bertz CT molecular complexity index is 760. The summed E-state index contributed by atoms with van der Waals surface area (Å²) in [4.78, 5) is 74.3. The van der Waals surface area contributed by atoms with E-state index >= 15 is 0 Å². The van der Waals surface area contributed by atoms with E-state index in [0.29, 0.717) is 0 Å². The maximum absolute atomic E-state index is 11.2. The van der Waals surface area contributed by atoms with Gasteiger partial charge in [0, 0.05) is 0 Å². The fraction of sp³-hybridized carbons (Fsp3) is 0.667. The zero-order chi connectivity index (χ0) is 30.9. The molecule has 7 atom stereocenters. The number of rotatable bonds is 11. The van der Waals surface area contributed by atoms with Crippen LogP contribution < -0.4 is 0 Å². The molecule has 0 saturated heterocycles. The number of ether oxygens (including phenoxy) is 4. The normalized spacial score (nSPS) is 15.0. The Kier molecular flexibility index (Phi) is 22.9. The smallest absolute Gasteiger partial charge is 0.347 e. The van der Waals surface area contributed by atoms with E-state index in [-0.39, 0.29) is 5.48 Å². The van der Waals surface area contributed by atoms with Gasteiger partial charge in [0.05, 0.1) is 0 Å². The van der Waals surface area contributed by atoms with Crippen LogP contribution in [-0.4, -0.2) is 121 Å². The molecule has 7 unspecified atom stereocenters. The Morgan fingerprint density at radius 3 is 0.769 bits per heavy atom. The van der Waals surface area contributed by atoms with Crippen molar-refractivity contribution in [3.05, 3.63) is 0 Å². The summed E-state index contributed by atoms with van der Waals surface area (Å²) in [5.41, 5.74) is 0. The Morgan fingerprint density at radius 1 is 0.410 bits per heavy atom. The van der Waals surface area contributed by atoms with Crippen molar-refractivity contribution < 1.29 is 88.6 Å². The lowest BCUT2D eigenvalue weighted by molar-refractivity contribution is -0.177. The molecule has 0 aliphatic heterocycles. The SMILES string of the molecule is CC(O)C(=O)O.CC(O)C(=O)OC(C)C(=O)OC(C)C(=O)O.CC(O)C(=O)OC(C)C(=O)OC(C)C(=O)O.O. The minimum Gasteiger partial charge on any atom is -0.479 e. The van der Waals surface area contributed by atoms with E-state index in [1.54, 1.807) is 0 Å². The van der Waals surface area contributed by atoms with Crippen LogP contribution in [0.3, 0.4) is 0 Å². The van der Waals surface area contributed by atoms with Gasteiger partial charge in [0.15, 0.2) is 24.4 Å². The first-order valence-corrected chi connectivity index (χ1v) is 10.7. The van der Waals surface area contributed by atoms with Gasteiger partial charge in [-0.05, 0) is 48.5 Å². The van der Waals surface area contributed by atoms with Gasteiger partial charge in [-0.3, -0.25) is 0 Å². The highest BCUT2D eigenvalue weighted by atomic mass is 16.6. The molecule has 39 heavy (non-hydrogen) atoms. The van der Waals surface area contributed by atoms with Crippen LogP contribution in [0.15, 0.2) is 0 Å². The minimum atomic E-state index is -1.35. The van der Waals surface area contributed by atoms with E-state index in [4.69, 9.17) is 30.6 Å². The monoisotopic (exact) mass is 576 g/mol. The number of carboxylic acids is 3. The highest BCUT2D eigenvalue weighted by Gasteiger charge is 2.26. The largest absolute Gasteiger partial charge is 0.479 e. The van der Waals surface area contributed by atoms with E-state index in [9.17, 15) is 33.6 Å². The second kappa shape index (κ2) is 21.1. The molecule has 0 aromatic rings. The fourth-order valence-electron chi connectivity index (χ4n) is 1.28. The highest BCUT2D eigenvalue weighted by molar-refractivity contribution is 5.83. The first-order valence-electron chi connectivity index (χ1n) is 10.7. The van der Waals surface area contributed by atoms with Gasteiger partial charge in [-0.25, -0.2) is 33.6 Å². The van der Waals surface area contributed by atoms with Crippen molar-refractivity contribution in [3.63, 3.8) is 0 Å². The standard InChI is InChI=1S/2C9H14O7.C3H6O3.H2O/c2*1-4(10)8(13)16-6(3)9(14)15-5(2)7(11)12;1-2(4)3(5)6;/h2*4-6,10H,1-3H3,(H,11,12);2,4H,1H3,(H,5,6);1H2. The van der Waals surface area contributed by atoms with E-state index in [1.807, 2.05) is 0 Å². The zero-order valence-electron chi connectivity index (χ0n) is 22.2. The molecule has 18 nitrogen and oxygen atoms in total. The number of carboxylic acid groups (broad SMARTS) is 3. The summed E-state index contributed by atoms with van der Waals surface area (Å²) in [6.07, 6.45) is -9.10. The van der Waals surface area contributed by atoms with Crippen molar-refractivity contribution in [1.29, 1.82) is 0 Å². The van der Waals surface area contributed by atoms with E-state index < -0.39 is 84.5 Å². The lowest BCUT2D eigenvalue weighted by Crippen LogP contribution is -2.34. The summed E-state index contributed by atoms with van der Waals surface area (Å²) in [6, 6.07) is 0. The molecular formula is C21H36O18. The van der Waals surface area contributed by atoms with Gasteiger partial charge >= 0.3 is 41.8 Å². The van der Waals surface area contributed by atoms with Crippen molar-refractivity contribution in [3.8, 4) is 0 Å². The summed E-state index contributed by atoms with van der Waals surface area (Å²) in [5, 5.41) is 50.3. The predicted molar refractivity (Wildman–Crippen MR) is 124 cm³/mol. The number of carbonyl (C=O) groups is 7. The van der Waals surface area contributed by atoms with E-state index in [1.165, 1.54) is 48.5 Å². The van der Waals surface area contributed by atoms with Crippen molar-refractivity contribution in [2.45, 2.75) is 91.2 Å². The summed E-state index contributed by atoms with van der Waals surface area (Å²) in [5.74, 6) is -7.72. The van der Waals surface area contributed by atoms with Crippen LogP contribution in [0.5, 0.6) is 0 Å². The molecule has 0 saturated carbocycles. The number of carbonyl (C=O) groups excluding carboxylic acids is 4. The quantitative estimate of drug-likeness (QED) is 0.107. The van der Waals surface area contributed by atoms with Crippen LogP contribution in [0, 0.1) is 0 Å². The van der Waals surface area contributed by atoms with Gasteiger partial charge in [0.2, 0.25) is 0 Å². The van der Waals surface area contributed by atoms with Crippen molar-refractivity contribution in [2.75, 3.05) is 0 Å². The number of aliphatic carboxylic acids is 3. The molecule has 0 aliphatic carbocycles. The molecule has 228 valence electrons. The number of aliphatic hydroxyl groups is 3. The number of aliphatic hydroxyl groups excluding tert-OH is 3. The maximum Gasteiger partial charge on any atom is 0.347 e. The van der Waals surface area contributed by atoms with Gasteiger partial charge < -0.3 is 55.1 Å². The van der Waals surface area contributed by atoms with Gasteiger partial charge in [0.1, 0.15) is 18.3 Å². The average molecular weight is 577 g/mol. The van der Waals surface area contributed by atoms with Gasteiger partial charge in [-0.1, -0.05) is 0 Å². The second-order valence-corrected chi connectivity index (χ2v) is 7.36. The lowest BCUT2D eigenvalue weighted by atomic mass is 10.3. The molecule has 0 spiro atoms. The highest BCUT2D eigenvalue weighted by Crippen LogP contribution is 2.02. The van der Waals surface area contributed by atoms with Crippen molar-refractivity contribution in [1.82, 2.24) is 0 Å².